The third kappa shape index (κ3) is 3.22. The molecule has 0 aromatic heterocycles. The van der Waals surface area contributed by atoms with E-state index in [0.717, 1.165) is 31.5 Å². The molecule has 1 aromatic rings. The van der Waals surface area contributed by atoms with Crippen LogP contribution in [0.4, 0.5) is 8.78 Å². The molecule has 1 aliphatic heterocycles. The molecule has 0 aliphatic carbocycles. The van der Waals surface area contributed by atoms with Crippen molar-refractivity contribution in [3.8, 4) is 0 Å². The number of nitrogens with one attached hydrogen (secondary N) is 1. The molecule has 104 valence electrons. The maximum Gasteiger partial charge on any atom is 0.256 e. The summed E-state index contributed by atoms with van der Waals surface area (Å²) in [6.07, 6.45) is 2.05. The lowest BCUT2D eigenvalue weighted by Gasteiger charge is -2.21. The first kappa shape index (κ1) is 14.2. The summed E-state index contributed by atoms with van der Waals surface area (Å²) in [5.74, 6) is -2.14. The Hall–Kier alpha value is -1.20. The summed E-state index contributed by atoms with van der Waals surface area (Å²) in [7, 11) is 1.58. The summed E-state index contributed by atoms with van der Waals surface area (Å²) in [5.41, 5.74) is -0.289. The van der Waals surface area contributed by atoms with E-state index in [-0.39, 0.29) is 16.6 Å². The van der Waals surface area contributed by atoms with Gasteiger partial charge in [-0.25, -0.2) is 8.78 Å². The number of carbonyl (C=O) groups excluding carboxylic acids is 1. The normalized spacial score (nSPS) is 18.6. The smallest absolute Gasteiger partial charge is 0.256 e. The molecule has 0 bridgehead atoms. The summed E-state index contributed by atoms with van der Waals surface area (Å²) < 4.78 is 26.9. The topological polar surface area (TPSA) is 32.3 Å². The van der Waals surface area contributed by atoms with E-state index in [2.05, 4.69) is 5.32 Å². The maximum absolute atomic E-state index is 13.6. The lowest BCUT2D eigenvalue weighted by atomic mass is 10.1. The Bertz CT molecular complexity index is 490. The van der Waals surface area contributed by atoms with E-state index in [4.69, 9.17) is 11.6 Å². The van der Waals surface area contributed by atoms with Crippen LogP contribution in [-0.2, 0) is 0 Å². The van der Waals surface area contributed by atoms with E-state index >= 15 is 0 Å². The van der Waals surface area contributed by atoms with Crippen molar-refractivity contribution in [1.82, 2.24) is 10.2 Å². The minimum Gasteiger partial charge on any atom is -0.340 e. The first-order chi connectivity index (χ1) is 8.99. The van der Waals surface area contributed by atoms with Gasteiger partial charge in [-0.05, 0) is 31.5 Å². The zero-order valence-electron chi connectivity index (χ0n) is 10.5. The fourth-order valence-electron chi connectivity index (χ4n) is 2.22. The molecule has 1 amide bonds. The Morgan fingerprint density at radius 1 is 1.47 bits per heavy atom. The van der Waals surface area contributed by atoms with Crippen LogP contribution < -0.4 is 5.32 Å². The average Bonchev–Trinajstić information content (AvgIpc) is 2.85. The zero-order chi connectivity index (χ0) is 14.0. The number of hydrogen-bond acceptors (Lipinski definition) is 2. The van der Waals surface area contributed by atoms with Gasteiger partial charge in [-0.2, -0.15) is 0 Å². The predicted octanol–water partition coefficient (Wildman–Crippen LogP) is 2.44. The van der Waals surface area contributed by atoms with Gasteiger partial charge in [0, 0.05) is 19.6 Å². The molecule has 1 aliphatic rings. The molecule has 1 unspecified atom stereocenters. The highest BCUT2D eigenvalue weighted by atomic mass is 35.5. The molecule has 1 N–H and O–H groups in total. The summed E-state index contributed by atoms with van der Waals surface area (Å²) in [4.78, 5) is 13.5. The maximum atomic E-state index is 13.6. The van der Waals surface area contributed by atoms with Crippen LogP contribution in [0.15, 0.2) is 12.1 Å². The molecule has 2 rings (SSSR count). The molecule has 0 radical (unpaired) electrons. The molecule has 1 heterocycles. The van der Waals surface area contributed by atoms with Gasteiger partial charge < -0.3 is 10.2 Å². The van der Waals surface area contributed by atoms with Gasteiger partial charge >= 0.3 is 0 Å². The van der Waals surface area contributed by atoms with Crippen LogP contribution in [0.2, 0.25) is 5.02 Å². The van der Waals surface area contributed by atoms with Crippen LogP contribution >= 0.6 is 11.6 Å². The van der Waals surface area contributed by atoms with Crippen LogP contribution in [0.25, 0.3) is 0 Å². The van der Waals surface area contributed by atoms with Crippen molar-refractivity contribution in [2.24, 2.45) is 0 Å². The van der Waals surface area contributed by atoms with E-state index in [0.29, 0.717) is 6.54 Å². The lowest BCUT2D eigenvalue weighted by Crippen LogP contribution is -2.39. The second-order valence-corrected chi connectivity index (χ2v) is 5.13. The molecule has 6 heteroatoms. The van der Waals surface area contributed by atoms with E-state index in [1.165, 1.54) is 4.90 Å². The van der Waals surface area contributed by atoms with Crippen molar-refractivity contribution in [3.05, 3.63) is 34.4 Å². The Kier molecular flexibility index (Phi) is 4.37. The third-order valence-corrected chi connectivity index (χ3v) is 3.53. The van der Waals surface area contributed by atoms with Crippen LogP contribution in [0.1, 0.15) is 23.2 Å². The molecule has 3 nitrogen and oxygen atoms in total. The van der Waals surface area contributed by atoms with Crippen LogP contribution in [0.5, 0.6) is 0 Å². The molecule has 0 saturated carbocycles. The van der Waals surface area contributed by atoms with Gasteiger partial charge in [0.15, 0.2) is 0 Å². The van der Waals surface area contributed by atoms with E-state index < -0.39 is 17.5 Å². The number of benzene rings is 1. The minimum absolute atomic E-state index is 0.217. The van der Waals surface area contributed by atoms with Crippen molar-refractivity contribution in [3.63, 3.8) is 0 Å². The summed E-state index contributed by atoms with van der Waals surface area (Å²) in [5, 5.41) is 2.92. The number of likely N-dealkylation sites (N-methyl/N-ethyl adjacent to an activating group) is 1. The summed E-state index contributed by atoms with van der Waals surface area (Å²) in [6.45, 7) is 1.40. The molecule has 1 aromatic carbocycles. The van der Waals surface area contributed by atoms with Gasteiger partial charge in [0.1, 0.15) is 11.6 Å². The number of carbonyl (C=O) groups is 1. The van der Waals surface area contributed by atoms with E-state index in [1.807, 2.05) is 0 Å². The summed E-state index contributed by atoms with van der Waals surface area (Å²) in [6, 6.07) is 1.89. The highest BCUT2D eigenvalue weighted by molar-refractivity contribution is 6.30. The van der Waals surface area contributed by atoms with Gasteiger partial charge in [-0.3, -0.25) is 4.79 Å². The second-order valence-electron chi connectivity index (χ2n) is 4.73. The Morgan fingerprint density at radius 2 is 2.21 bits per heavy atom. The van der Waals surface area contributed by atoms with E-state index in [1.54, 1.807) is 7.05 Å². The van der Waals surface area contributed by atoms with Gasteiger partial charge in [-0.1, -0.05) is 11.6 Å². The molecule has 1 saturated heterocycles. The van der Waals surface area contributed by atoms with Crippen LogP contribution in [-0.4, -0.2) is 37.0 Å². The van der Waals surface area contributed by atoms with Gasteiger partial charge in [0.25, 0.3) is 5.91 Å². The number of hydrogen-bond donors (Lipinski definition) is 1. The largest absolute Gasteiger partial charge is 0.340 e. The number of halogens is 3. The van der Waals surface area contributed by atoms with Crippen molar-refractivity contribution in [1.29, 1.82) is 0 Å². The molecule has 1 fully saturated rings. The summed E-state index contributed by atoms with van der Waals surface area (Å²) >= 11 is 5.46. The average molecular weight is 289 g/mol. The molecule has 0 spiro atoms. The minimum atomic E-state index is -0.803. The fourth-order valence-corrected chi connectivity index (χ4v) is 2.37. The number of amides is 1. The highest BCUT2D eigenvalue weighted by Crippen LogP contribution is 2.20. The lowest BCUT2D eigenvalue weighted by molar-refractivity contribution is 0.0778. The fraction of sp³-hybridized carbons (Fsp3) is 0.462. The van der Waals surface area contributed by atoms with Crippen LogP contribution in [0, 0.1) is 11.6 Å². The molecular weight excluding hydrogens is 274 g/mol. The van der Waals surface area contributed by atoms with E-state index in [9.17, 15) is 13.6 Å². The third-order valence-electron chi connectivity index (χ3n) is 3.24. The molecule has 1 atom stereocenters. The highest BCUT2D eigenvalue weighted by Gasteiger charge is 2.22. The molecule has 19 heavy (non-hydrogen) atoms. The Morgan fingerprint density at radius 3 is 2.84 bits per heavy atom. The SMILES string of the molecule is CN(CC1CCCN1)C(=O)c1cc(F)c(Cl)cc1F. The van der Waals surface area contributed by atoms with Gasteiger partial charge in [-0.15, -0.1) is 0 Å². The van der Waals surface area contributed by atoms with Crippen molar-refractivity contribution >= 4 is 17.5 Å². The van der Waals surface area contributed by atoms with Gasteiger partial charge in [0.05, 0.1) is 10.6 Å². The number of rotatable bonds is 3. The molecular formula is C13H15ClF2N2O. The quantitative estimate of drug-likeness (QED) is 0.867. The zero-order valence-corrected chi connectivity index (χ0v) is 11.3. The monoisotopic (exact) mass is 288 g/mol. The second kappa shape index (κ2) is 5.84. The number of nitrogens with zero attached hydrogens (tertiary/aromatic N) is 1. The van der Waals surface area contributed by atoms with Crippen molar-refractivity contribution in [2.45, 2.75) is 18.9 Å². The first-order valence-corrected chi connectivity index (χ1v) is 6.50. The van der Waals surface area contributed by atoms with Crippen molar-refractivity contribution < 1.29 is 13.6 Å². The predicted molar refractivity (Wildman–Crippen MR) is 69.4 cm³/mol. The van der Waals surface area contributed by atoms with Crippen molar-refractivity contribution in [2.75, 3.05) is 20.1 Å². The Labute approximate surface area is 115 Å². The first-order valence-electron chi connectivity index (χ1n) is 6.12. The van der Waals surface area contributed by atoms with Gasteiger partial charge in [0.2, 0.25) is 0 Å². The van der Waals surface area contributed by atoms with Crippen LogP contribution in [0.3, 0.4) is 0 Å². The standard InChI is InChI=1S/C13H15ClF2N2O/c1-18(7-8-3-2-4-17-8)13(19)9-5-12(16)10(14)6-11(9)15/h5-6,8,17H,2-4,7H2,1H3. The Balaban J connectivity index is 2.12.